The first-order chi connectivity index (χ1) is 14.5. The number of hydrogen-bond donors (Lipinski definition) is 3. The number of nitrogens with one attached hydrogen (secondary N) is 1. The maximum absolute atomic E-state index is 11.6. The molecule has 0 saturated carbocycles. The van der Waals surface area contributed by atoms with Crippen molar-refractivity contribution in [2.24, 2.45) is 5.73 Å². The van der Waals surface area contributed by atoms with Gasteiger partial charge in [0.1, 0.15) is 5.82 Å². The normalized spacial score (nSPS) is 14.1. The molecule has 2 amide bonds. The van der Waals surface area contributed by atoms with Crippen molar-refractivity contribution < 1.29 is 19.4 Å². The van der Waals surface area contributed by atoms with Crippen LogP contribution in [0.4, 0.5) is 10.6 Å². The van der Waals surface area contributed by atoms with E-state index in [0.29, 0.717) is 24.2 Å². The maximum atomic E-state index is 11.6. The van der Waals surface area contributed by atoms with Crippen molar-refractivity contribution in [3.8, 4) is 0 Å². The summed E-state index contributed by atoms with van der Waals surface area (Å²) in [6, 6.07) is 7.23. The van der Waals surface area contributed by atoms with Gasteiger partial charge in [-0.05, 0) is 31.0 Å². The van der Waals surface area contributed by atoms with Gasteiger partial charge in [0.25, 0.3) is 0 Å². The Morgan fingerprint density at radius 1 is 1.20 bits per heavy atom. The van der Waals surface area contributed by atoms with Gasteiger partial charge in [-0.25, -0.2) is 9.78 Å². The van der Waals surface area contributed by atoms with E-state index in [1.165, 1.54) is 0 Å². The molecule has 156 valence electrons. The Labute approximate surface area is 172 Å². The lowest BCUT2D eigenvalue weighted by atomic mass is 10.0. The average Bonchev–Trinajstić information content (AvgIpc) is 2.70. The Kier molecular flexibility index (Phi) is 5.62. The number of carbonyl (C=O) groups is 2. The van der Waals surface area contributed by atoms with E-state index in [9.17, 15) is 9.59 Å². The molecule has 1 aliphatic heterocycles. The van der Waals surface area contributed by atoms with Gasteiger partial charge in [0.15, 0.2) is 0 Å². The number of rotatable bonds is 8. The van der Waals surface area contributed by atoms with Crippen LogP contribution in [0.25, 0.3) is 21.7 Å². The summed E-state index contributed by atoms with van der Waals surface area (Å²) < 4.78 is 5.87. The van der Waals surface area contributed by atoms with Crippen molar-refractivity contribution in [3.63, 3.8) is 0 Å². The highest BCUT2D eigenvalue weighted by atomic mass is 16.5. The van der Waals surface area contributed by atoms with Crippen LogP contribution in [0.15, 0.2) is 36.7 Å². The van der Waals surface area contributed by atoms with Crippen LogP contribution in [-0.2, 0) is 4.74 Å². The number of nitrogens with zero attached hydrogens (tertiary/aromatic N) is 3. The molecule has 3 aromatic rings. The number of hydrogen-bond acceptors (Lipinski definition) is 6. The summed E-state index contributed by atoms with van der Waals surface area (Å²) in [6.45, 7) is 2.47. The highest BCUT2D eigenvalue weighted by molar-refractivity contribution is 6.11. The summed E-state index contributed by atoms with van der Waals surface area (Å²) >= 11 is 0. The zero-order valence-corrected chi connectivity index (χ0v) is 16.4. The molecule has 0 unspecified atom stereocenters. The molecular formula is C21H23N5O4. The van der Waals surface area contributed by atoms with E-state index in [0.717, 1.165) is 47.9 Å². The predicted octanol–water partition coefficient (Wildman–Crippen LogP) is 2.13. The molecule has 0 aliphatic carbocycles. The van der Waals surface area contributed by atoms with Crippen LogP contribution in [0.5, 0.6) is 0 Å². The van der Waals surface area contributed by atoms with Crippen LogP contribution in [0.1, 0.15) is 23.2 Å². The quantitative estimate of drug-likeness (QED) is 0.384. The minimum Gasteiger partial charge on any atom is -0.465 e. The fourth-order valence-electron chi connectivity index (χ4n) is 3.61. The molecule has 0 spiro atoms. The summed E-state index contributed by atoms with van der Waals surface area (Å²) in [5.74, 6) is 0.356. The molecule has 3 heterocycles. The molecule has 0 radical (unpaired) electrons. The molecule has 1 aromatic carbocycles. The van der Waals surface area contributed by atoms with Gasteiger partial charge < -0.3 is 25.8 Å². The summed E-state index contributed by atoms with van der Waals surface area (Å²) in [4.78, 5) is 33.2. The van der Waals surface area contributed by atoms with E-state index >= 15 is 0 Å². The van der Waals surface area contributed by atoms with Crippen LogP contribution >= 0.6 is 0 Å². The molecule has 0 atom stereocenters. The second kappa shape index (κ2) is 8.50. The van der Waals surface area contributed by atoms with Gasteiger partial charge in [-0.15, -0.1) is 0 Å². The number of pyridine rings is 2. The van der Waals surface area contributed by atoms with Gasteiger partial charge in [-0.3, -0.25) is 9.78 Å². The largest absolute Gasteiger partial charge is 0.465 e. The summed E-state index contributed by atoms with van der Waals surface area (Å²) in [7, 11) is 0. The molecule has 2 aromatic heterocycles. The van der Waals surface area contributed by atoms with E-state index in [1.807, 2.05) is 18.3 Å². The number of benzene rings is 1. The molecule has 1 fully saturated rings. The summed E-state index contributed by atoms with van der Waals surface area (Å²) in [6.07, 6.45) is 4.22. The molecule has 9 nitrogen and oxygen atoms in total. The van der Waals surface area contributed by atoms with Crippen LogP contribution in [0, 0.1) is 0 Å². The highest BCUT2D eigenvalue weighted by Gasteiger charge is 2.30. The molecule has 4 rings (SSSR count). The number of primary amides is 1. The molecule has 0 bridgehead atoms. The van der Waals surface area contributed by atoms with Crippen LogP contribution in [-0.4, -0.2) is 59.4 Å². The highest BCUT2D eigenvalue weighted by Crippen LogP contribution is 2.33. The van der Waals surface area contributed by atoms with Crippen LogP contribution in [0.3, 0.4) is 0 Å². The number of anilines is 1. The van der Waals surface area contributed by atoms with Crippen LogP contribution < -0.4 is 16.0 Å². The average molecular weight is 409 g/mol. The maximum Gasteiger partial charge on any atom is 0.404 e. The Morgan fingerprint density at radius 2 is 2.03 bits per heavy atom. The van der Waals surface area contributed by atoms with Crippen molar-refractivity contribution in [1.29, 1.82) is 0 Å². The summed E-state index contributed by atoms with van der Waals surface area (Å²) in [5, 5.41) is 13.8. The Morgan fingerprint density at radius 3 is 2.80 bits per heavy atom. The second-order valence-electron chi connectivity index (χ2n) is 7.29. The monoisotopic (exact) mass is 409 g/mol. The van der Waals surface area contributed by atoms with Gasteiger partial charge in [0.05, 0.1) is 11.6 Å². The third-order valence-electron chi connectivity index (χ3n) is 5.21. The van der Waals surface area contributed by atoms with Gasteiger partial charge in [0.2, 0.25) is 5.91 Å². The minimum atomic E-state index is -1.00. The van der Waals surface area contributed by atoms with Crippen molar-refractivity contribution in [3.05, 3.63) is 42.2 Å². The molecule has 30 heavy (non-hydrogen) atoms. The fourth-order valence-corrected chi connectivity index (χ4v) is 3.61. The number of amides is 2. The number of aromatic nitrogens is 2. The predicted molar refractivity (Wildman–Crippen MR) is 113 cm³/mol. The molecular weight excluding hydrogens is 386 g/mol. The molecule has 4 N–H and O–H groups in total. The SMILES string of the molecule is NC(=O)c1ccc2c(c1)nc(N1CC(OCCCCNC(=O)O)C1)c1ccncc12. The standard InChI is InChI=1S/C21H23N5O4/c22-19(27)13-3-4-15-17-10-23-7-5-16(17)20(25-18(15)9-13)26-11-14(12-26)30-8-2-1-6-24-21(28)29/h3-5,7,9-10,14,24H,1-2,6,8,11-12H2,(H2,22,27)(H,28,29). The lowest BCUT2D eigenvalue weighted by molar-refractivity contribution is 0.0321. The Balaban J connectivity index is 1.45. The minimum absolute atomic E-state index is 0.115. The number of carbonyl (C=O) groups excluding carboxylic acids is 1. The van der Waals surface area contributed by atoms with E-state index < -0.39 is 12.0 Å². The first kappa shape index (κ1) is 19.8. The van der Waals surface area contributed by atoms with Crippen molar-refractivity contribution in [1.82, 2.24) is 15.3 Å². The topological polar surface area (TPSA) is 131 Å². The van der Waals surface area contributed by atoms with Gasteiger partial charge >= 0.3 is 6.09 Å². The summed E-state index contributed by atoms with van der Waals surface area (Å²) in [5.41, 5.74) is 6.55. The van der Waals surface area contributed by atoms with Crippen molar-refractivity contribution in [2.75, 3.05) is 31.1 Å². The van der Waals surface area contributed by atoms with Gasteiger partial charge in [-0.1, -0.05) is 6.07 Å². The Hall–Kier alpha value is -3.46. The van der Waals surface area contributed by atoms with Gasteiger partial charge in [-0.2, -0.15) is 0 Å². The lowest BCUT2D eigenvalue weighted by Crippen LogP contribution is -2.52. The van der Waals surface area contributed by atoms with E-state index in [2.05, 4.69) is 15.2 Å². The number of nitrogens with two attached hydrogens (primary N) is 1. The van der Waals surface area contributed by atoms with Crippen molar-refractivity contribution in [2.45, 2.75) is 18.9 Å². The zero-order chi connectivity index (χ0) is 21.1. The number of carboxylic acid groups (broad SMARTS) is 1. The third kappa shape index (κ3) is 4.11. The lowest BCUT2D eigenvalue weighted by Gasteiger charge is -2.40. The van der Waals surface area contributed by atoms with E-state index in [4.69, 9.17) is 20.6 Å². The fraction of sp³-hybridized carbons (Fsp3) is 0.333. The number of unbranched alkanes of at least 4 members (excludes halogenated alkanes) is 1. The second-order valence-corrected chi connectivity index (χ2v) is 7.29. The number of fused-ring (bicyclic) bond motifs is 3. The van der Waals surface area contributed by atoms with E-state index in [1.54, 1.807) is 18.3 Å². The molecule has 9 heteroatoms. The first-order valence-electron chi connectivity index (χ1n) is 9.83. The molecule has 1 saturated heterocycles. The van der Waals surface area contributed by atoms with E-state index in [-0.39, 0.29) is 6.10 Å². The zero-order valence-electron chi connectivity index (χ0n) is 16.4. The molecule has 1 aliphatic rings. The Bertz CT molecular complexity index is 1100. The van der Waals surface area contributed by atoms with Crippen molar-refractivity contribution >= 4 is 39.5 Å². The first-order valence-corrected chi connectivity index (χ1v) is 9.83. The smallest absolute Gasteiger partial charge is 0.404 e. The van der Waals surface area contributed by atoms with Crippen LogP contribution in [0.2, 0.25) is 0 Å². The number of ether oxygens (including phenoxy) is 1. The third-order valence-corrected chi connectivity index (χ3v) is 5.21. The van der Waals surface area contributed by atoms with Gasteiger partial charge in [0, 0.05) is 60.4 Å².